The molecular weight excluding hydrogens is 949 g/mol. The van der Waals surface area contributed by atoms with E-state index in [9.17, 15) is 14.4 Å². The molecule has 0 fully saturated rings. The molecule has 0 aromatic heterocycles. The third-order valence-electron chi connectivity index (χ3n) is 15.3. The van der Waals surface area contributed by atoms with Crippen molar-refractivity contribution in [3.05, 3.63) is 48.6 Å². The predicted octanol–water partition coefficient (Wildman–Crippen LogP) is 23.3. The first-order valence-corrected chi connectivity index (χ1v) is 34.1. The number of rotatable bonds is 63. The van der Waals surface area contributed by atoms with Crippen LogP contribution in [0.2, 0.25) is 0 Å². The SMILES string of the molecule is CC/C=C\C/C=C\C/C=C\C/C=C\CCCCCCC(=O)OC(COC(=O)CCCCCCCCC)COC(=O)CCCCCCCCCCCCCCCCCCCCCCCCCCCCCCCCCCCCC. The molecule has 0 aliphatic rings. The van der Waals surface area contributed by atoms with Crippen molar-refractivity contribution in [2.24, 2.45) is 0 Å². The summed E-state index contributed by atoms with van der Waals surface area (Å²) in [5, 5.41) is 0. The summed E-state index contributed by atoms with van der Waals surface area (Å²) in [6, 6.07) is 0. The maximum Gasteiger partial charge on any atom is 0.306 e. The van der Waals surface area contributed by atoms with E-state index < -0.39 is 6.10 Å². The molecule has 1 unspecified atom stereocenters. The largest absolute Gasteiger partial charge is 0.462 e. The summed E-state index contributed by atoms with van der Waals surface area (Å²) in [7, 11) is 0. The van der Waals surface area contributed by atoms with Crippen LogP contribution in [0.15, 0.2) is 48.6 Å². The van der Waals surface area contributed by atoms with Crippen LogP contribution in [-0.4, -0.2) is 37.2 Å². The molecule has 6 heteroatoms. The normalized spacial score (nSPS) is 12.3. The van der Waals surface area contributed by atoms with Gasteiger partial charge in [0.1, 0.15) is 13.2 Å². The molecule has 0 amide bonds. The van der Waals surface area contributed by atoms with E-state index in [1.807, 2.05) is 0 Å². The van der Waals surface area contributed by atoms with E-state index in [0.29, 0.717) is 19.3 Å². The van der Waals surface area contributed by atoms with Crippen LogP contribution in [0.25, 0.3) is 0 Å². The van der Waals surface area contributed by atoms with E-state index in [1.54, 1.807) is 0 Å². The standard InChI is InChI=1S/C71H130O6/c1-4-7-10-13-16-18-20-22-24-26-27-28-29-30-31-32-33-34-35-36-37-38-39-40-41-42-43-45-46-48-50-52-55-58-61-64-70(73)76-67-68(66-75-69(72)63-60-57-54-15-12-9-6-3)77-71(74)65-62-59-56-53-51-49-47-44-25-23-21-19-17-14-11-8-5-2/h8,11,17,19,23,25,47,49,68H,4-7,9-10,12-16,18,20-22,24,26-46,48,50-67H2,1-3H3/b11-8-,19-17-,25-23-,49-47-. The molecule has 0 saturated heterocycles. The molecule has 0 aliphatic heterocycles. The number of carbonyl (C=O) groups excluding carboxylic acids is 3. The van der Waals surface area contributed by atoms with Crippen molar-refractivity contribution in [1.29, 1.82) is 0 Å². The van der Waals surface area contributed by atoms with E-state index in [-0.39, 0.29) is 31.1 Å². The van der Waals surface area contributed by atoms with Crippen LogP contribution in [0, 0.1) is 0 Å². The fourth-order valence-corrected chi connectivity index (χ4v) is 10.3. The van der Waals surface area contributed by atoms with Gasteiger partial charge in [-0.3, -0.25) is 14.4 Å². The molecule has 6 nitrogen and oxygen atoms in total. The van der Waals surface area contributed by atoms with Gasteiger partial charge in [-0.05, 0) is 57.8 Å². The van der Waals surface area contributed by atoms with Crippen LogP contribution in [0.4, 0.5) is 0 Å². The summed E-state index contributed by atoms with van der Waals surface area (Å²) in [4.78, 5) is 38.0. The van der Waals surface area contributed by atoms with Gasteiger partial charge in [-0.2, -0.15) is 0 Å². The van der Waals surface area contributed by atoms with Crippen molar-refractivity contribution in [3.8, 4) is 0 Å². The Bertz CT molecular complexity index is 1330. The second kappa shape index (κ2) is 65.9. The van der Waals surface area contributed by atoms with Crippen molar-refractivity contribution in [2.75, 3.05) is 13.2 Å². The number of carbonyl (C=O) groups is 3. The highest BCUT2D eigenvalue weighted by atomic mass is 16.6. The number of hydrogen-bond acceptors (Lipinski definition) is 6. The maximum atomic E-state index is 12.8. The number of hydrogen-bond donors (Lipinski definition) is 0. The topological polar surface area (TPSA) is 78.9 Å². The Morgan fingerprint density at radius 3 is 0.792 bits per heavy atom. The summed E-state index contributed by atoms with van der Waals surface area (Å²) in [6.45, 7) is 6.51. The van der Waals surface area contributed by atoms with Gasteiger partial charge >= 0.3 is 17.9 Å². The van der Waals surface area contributed by atoms with Crippen molar-refractivity contribution >= 4 is 17.9 Å². The maximum absolute atomic E-state index is 12.8. The third-order valence-corrected chi connectivity index (χ3v) is 15.3. The highest BCUT2D eigenvalue weighted by molar-refractivity contribution is 5.71. The van der Waals surface area contributed by atoms with Crippen molar-refractivity contribution in [1.82, 2.24) is 0 Å². The van der Waals surface area contributed by atoms with Crippen LogP contribution < -0.4 is 0 Å². The molecule has 0 aromatic rings. The van der Waals surface area contributed by atoms with Gasteiger partial charge < -0.3 is 14.2 Å². The second-order valence-corrected chi connectivity index (χ2v) is 23.1. The lowest BCUT2D eigenvalue weighted by molar-refractivity contribution is -0.167. The highest BCUT2D eigenvalue weighted by Crippen LogP contribution is 2.19. The fourth-order valence-electron chi connectivity index (χ4n) is 10.3. The Kier molecular flexibility index (Phi) is 63.6. The van der Waals surface area contributed by atoms with E-state index in [4.69, 9.17) is 14.2 Å². The lowest BCUT2D eigenvalue weighted by Gasteiger charge is -2.18. The van der Waals surface area contributed by atoms with Crippen molar-refractivity contribution < 1.29 is 28.6 Å². The molecule has 77 heavy (non-hydrogen) atoms. The third kappa shape index (κ3) is 64.1. The summed E-state index contributed by atoms with van der Waals surface area (Å²) in [5.74, 6) is -0.893. The number of esters is 3. The fraction of sp³-hybridized carbons (Fsp3) is 0.845. The molecule has 0 spiro atoms. The van der Waals surface area contributed by atoms with Crippen LogP contribution in [-0.2, 0) is 28.6 Å². The van der Waals surface area contributed by atoms with Gasteiger partial charge in [0.05, 0.1) is 0 Å². The summed E-state index contributed by atoms with van der Waals surface area (Å²) >= 11 is 0. The second-order valence-electron chi connectivity index (χ2n) is 23.1. The lowest BCUT2D eigenvalue weighted by atomic mass is 10.0. The van der Waals surface area contributed by atoms with E-state index >= 15 is 0 Å². The first-order chi connectivity index (χ1) is 38.0. The smallest absolute Gasteiger partial charge is 0.306 e. The molecule has 0 saturated carbocycles. The molecule has 0 bridgehead atoms. The average molecular weight is 1080 g/mol. The minimum absolute atomic E-state index is 0.0795. The van der Waals surface area contributed by atoms with Gasteiger partial charge in [-0.25, -0.2) is 0 Å². The first kappa shape index (κ1) is 74.4. The number of allylic oxidation sites excluding steroid dienone is 8. The van der Waals surface area contributed by atoms with Crippen LogP contribution >= 0.6 is 0 Å². The zero-order valence-electron chi connectivity index (χ0n) is 51.7. The Hall–Kier alpha value is -2.63. The van der Waals surface area contributed by atoms with Gasteiger partial charge in [-0.1, -0.05) is 339 Å². The molecule has 0 heterocycles. The molecule has 0 N–H and O–H groups in total. The average Bonchev–Trinajstić information content (AvgIpc) is 3.43. The van der Waals surface area contributed by atoms with Gasteiger partial charge in [0.15, 0.2) is 6.10 Å². The quantitative estimate of drug-likeness (QED) is 0.0261. The predicted molar refractivity (Wildman–Crippen MR) is 335 cm³/mol. The van der Waals surface area contributed by atoms with E-state index in [2.05, 4.69) is 69.4 Å². The summed E-state index contributed by atoms with van der Waals surface area (Å²) < 4.78 is 16.8. The summed E-state index contributed by atoms with van der Waals surface area (Å²) in [5.41, 5.74) is 0. The molecule has 0 aliphatic carbocycles. The monoisotopic (exact) mass is 1080 g/mol. The first-order valence-electron chi connectivity index (χ1n) is 34.1. The Morgan fingerprint density at radius 1 is 0.273 bits per heavy atom. The Labute approximate surface area is 479 Å². The van der Waals surface area contributed by atoms with Gasteiger partial charge in [-0.15, -0.1) is 0 Å². The van der Waals surface area contributed by atoms with Crippen molar-refractivity contribution in [3.63, 3.8) is 0 Å². The molecule has 1 atom stereocenters. The van der Waals surface area contributed by atoms with E-state index in [1.165, 1.54) is 231 Å². The zero-order chi connectivity index (χ0) is 55.7. The van der Waals surface area contributed by atoms with Gasteiger partial charge in [0, 0.05) is 19.3 Å². The van der Waals surface area contributed by atoms with Crippen LogP contribution in [0.5, 0.6) is 0 Å². The Balaban J connectivity index is 3.93. The minimum atomic E-state index is -0.782. The highest BCUT2D eigenvalue weighted by Gasteiger charge is 2.19. The van der Waals surface area contributed by atoms with Gasteiger partial charge in [0.25, 0.3) is 0 Å². The minimum Gasteiger partial charge on any atom is -0.462 e. The van der Waals surface area contributed by atoms with Crippen LogP contribution in [0.1, 0.15) is 367 Å². The molecule has 0 rings (SSSR count). The Morgan fingerprint density at radius 2 is 0.506 bits per heavy atom. The molecular formula is C71H130O6. The lowest BCUT2D eigenvalue weighted by Crippen LogP contribution is -2.30. The van der Waals surface area contributed by atoms with Crippen molar-refractivity contribution in [2.45, 2.75) is 374 Å². The van der Waals surface area contributed by atoms with Gasteiger partial charge in [0.2, 0.25) is 0 Å². The van der Waals surface area contributed by atoms with E-state index in [0.717, 1.165) is 96.3 Å². The summed E-state index contributed by atoms with van der Waals surface area (Å²) in [6.07, 6.45) is 83.4. The zero-order valence-corrected chi connectivity index (χ0v) is 51.7. The molecule has 450 valence electrons. The molecule has 0 radical (unpaired) electrons. The number of unbranched alkanes of at least 4 members (excludes halogenated alkanes) is 44. The molecule has 0 aromatic carbocycles. The van der Waals surface area contributed by atoms with Crippen LogP contribution in [0.3, 0.4) is 0 Å². The number of ether oxygens (including phenoxy) is 3.